The van der Waals surface area contributed by atoms with Crippen LogP contribution in [0.25, 0.3) is 0 Å². The lowest BCUT2D eigenvalue weighted by molar-refractivity contribution is -0.144. The van der Waals surface area contributed by atoms with Crippen LogP contribution in [0, 0.1) is 0 Å². The van der Waals surface area contributed by atoms with Gasteiger partial charge in [-0.3, -0.25) is 4.79 Å². The molecule has 4 nitrogen and oxygen atoms in total. The van der Waals surface area contributed by atoms with Crippen molar-refractivity contribution in [1.82, 2.24) is 4.90 Å². The van der Waals surface area contributed by atoms with Crippen LogP contribution in [-0.2, 0) is 14.3 Å². The number of amides is 1. The van der Waals surface area contributed by atoms with Crippen LogP contribution >= 0.6 is 0 Å². The fourth-order valence-electron chi connectivity index (χ4n) is 3.61. The zero-order chi connectivity index (χ0) is 19.4. The number of unbranched alkanes of at least 4 members (excludes halogenated alkanes) is 6. The summed E-state index contributed by atoms with van der Waals surface area (Å²) in [5.74, 6) is 0.0307. The van der Waals surface area contributed by atoms with E-state index in [9.17, 15) is 9.59 Å². The van der Waals surface area contributed by atoms with E-state index in [0.717, 1.165) is 38.6 Å². The van der Waals surface area contributed by atoms with Gasteiger partial charge in [-0.15, -0.1) is 0 Å². The van der Waals surface area contributed by atoms with Gasteiger partial charge in [0.25, 0.3) is 0 Å². The molecule has 2 atom stereocenters. The van der Waals surface area contributed by atoms with Crippen molar-refractivity contribution in [2.24, 2.45) is 0 Å². The van der Waals surface area contributed by atoms with E-state index in [1.165, 1.54) is 32.1 Å². The van der Waals surface area contributed by atoms with Crippen LogP contribution < -0.4 is 0 Å². The third kappa shape index (κ3) is 8.37. The summed E-state index contributed by atoms with van der Waals surface area (Å²) in [5, 5.41) is 0. The van der Waals surface area contributed by atoms with Gasteiger partial charge in [-0.25, -0.2) is 4.79 Å². The van der Waals surface area contributed by atoms with Gasteiger partial charge < -0.3 is 9.64 Å². The van der Waals surface area contributed by atoms with E-state index >= 15 is 0 Å². The van der Waals surface area contributed by atoms with Gasteiger partial charge >= 0.3 is 5.97 Å². The van der Waals surface area contributed by atoms with Gasteiger partial charge in [0.2, 0.25) is 5.91 Å². The molecule has 0 saturated carbocycles. The van der Waals surface area contributed by atoms with E-state index in [1.807, 2.05) is 18.7 Å². The van der Waals surface area contributed by atoms with Crippen molar-refractivity contribution in [2.45, 2.75) is 110 Å². The number of carbonyl (C=O) groups is 2. The molecule has 0 radical (unpaired) electrons. The Kier molecular flexibility index (Phi) is 11.3. The number of likely N-dealkylation sites (tertiary alicyclic amines) is 1. The van der Waals surface area contributed by atoms with Crippen molar-refractivity contribution < 1.29 is 14.3 Å². The highest BCUT2D eigenvalue weighted by molar-refractivity contribution is 5.87. The molecule has 0 aromatic heterocycles. The number of nitrogens with zero attached hydrogens (tertiary/aromatic N) is 1. The third-order valence-electron chi connectivity index (χ3n) is 5.36. The van der Waals surface area contributed by atoms with E-state index in [-0.39, 0.29) is 24.0 Å². The van der Waals surface area contributed by atoms with E-state index in [1.54, 1.807) is 13.0 Å². The van der Waals surface area contributed by atoms with Crippen molar-refractivity contribution in [1.29, 1.82) is 0 Å². The first kappa shape index (κ1) is 22.7. The van der Waals surface area contributed by atoms with Crippen molar-refractivity contribution in [3.63, 3.8) is 0 Å². The maximum absolute atomic E-state index is 12.6. The maximum Gasteiger partial charge on any atom is 0.333 e. The molecule has 0 aliphatic carbocycles. The summed E-state index contributed by atoms with van der Waals surface area (Å²) >= 11 is 0. The lowest BCUT2D eigenvalue weighted by Gasteiger charge is -2.27. The number of carbonyl (C=O) groups excluding carboxylic acids is 2. The van der Waals surface area contributed by atoms with Gasteiger partial charge in [0.15, 0.2) is 0 Å². The van der Waals surface area contributed by atoms with Crippen LogP contribution in [-0.4, -0.2) is 35.5 Å². The average molecular weight is 366 g/mol. The zero-order valence-electron chi connectivity index (χ0n) is 17.4. The molecule has 0 N–H and O–H groups in total. The molecule has 0 spiro atoms. The summed E-state index contributed by atoms with van der Waals surface area (Å²) in [7, 11) is 0. The van der Waals surface area contributed by atoms with Crippen LogP contribution in [0.2, 0.25) is 0 Å². The Morgan fingerprint density at radius 2 is 1.81 bits per heavy atom. The minimum Gasteiger partial charge on any atom is -0.459 e. The van der Waals surface area contributed by atoms with Crippen LogP contribution in [0.1, 0.15) is 98.3 Å². The van der Waals surface area contributed by atoms with Crippen LogP contribution in [0.5, 0.6) is 0 Å². The Hall–Kier alpha value is -1.32. The maximum atomic E-state index is 12.6. The summed E-state index contributed by atoms with van der Waals surface area (Å²) in [6, 6.07) is 0.223. The van der Waals surface area contributed by atoms with Gasteiger partial charge in [0.1, 0.15) is 6.10 Å². The predicted molar refractivity (Wildman–Crippen MR) is 107 cm³/mol. The molecule has 1 aliphatic rings. The van der Waals surface area contributed by atoms with Crippen molar-refractivity contribution in [2.75, 3.05) is 6.54 Å². The molecule has 0 bridgehead atoms. The van der Waals surface area contributed by atoms with E-state index in [4.69, 9.17) is 4.74 Å². The van der Waals surface area contributed by atoms with Gasteiger partial charge in [-0.2, -0.15) is 0 Å². The second-order valence-electron chi connectivity index (χ2n) is 7.68. The van der Waals surface area contributed by atoms with Crippen molar-refractivity contribution in [3.8, 4) is 0 Å². The van der Waals surface area contributed by atoms with E-state index < -0.39 is 0 Å². The molecule has 1 amide bonds. The Balaban J connectivity index is 2.30. The smallest absolute Gasteiger partial charge is 0.333 e. The Morgan fingerprint density at radius 1 is 1.15 bits per heavy atom. The monoisotopic (exact) mass is 365 g/mol. The summed E-state index contributed by atoms with van der Waals surface area (Å²) in [4.78, 5) is 26.5. The highest BCUT2D eigenvalue weighted by Crippen LogP contribution is 2.24. The molecule has 1 rings (SSSR count). The van der Waals surface area contributed by atoms with Gasteiger partial charge in [0.05, 0.1) is 0 Å². The molecule has 1 heterocycles. The molecular formula is C22H39NO3. The van der Waals surface area contributed by atoms with Gasteiger partial charge in [-0.1, -0.05) is 51.5 Å². The van der Waals surface area contributed by atoms with Crippen molar-refractivity contribution >= 4 is 11.9 Å². The molecule has 0 unspecified atom stereocenters. The molecule has 0 aromatic carbocycles. The second kappa shape index (κ2) is 12.9. The molecule has 150 valence electrons. The lowest BCUT2D eigenvalue weighted by Crippen LogP contribution is -2.37. The largest absolute Gasteiger partial charge is 0.459 e. The van der Waals surface area contributed by atoms with Crippen molar-refractivity contribution in [3.05, 3.63) is 11.6 Å². The number of esters is 1. The minimum atomic E-state index is -0.251. The fourth-order valence-corrected chi connectivity index (χ4v) is 3.61. The summed E-state index contributed by atoms with van der Waals surface area (Å²) in [5.41, 5.74) is 0.634. The highest BCUT2D eigenvalue weighted by atomic mass is 16.5. The first-order valence-corrected chi connectivity index (χ1v) is 10.6. The first-order valence-electron chi connectivity index (χ1n) is 10.6. The molecule has 1 fully saturated rings. The average Bonchev–Trinajstić information content (AvgIpc) is 3.07. The Labute approximate surface area is 160 Å². The Bertz CT molecular complexity index is 458. The lowest BCUT2D eigenvalue weighted by atomic mass is 10.1. The van der Waals surface area contributed by atoms with Crippen LogP contribution in [0.4, 0.5) is 0 Å². The van der Waals surface area contributed by atoms with Gasteiger partial charge in [-0.05, 0) is 40.0 Å². The van der Waals surface area contributed by atoms with Crippen LogP contribution in [0.15, 0.2) is 11.6 Å². The molecule has 4 heteroatoms. The van der Waals surface area contributed by atoms with E-state index in [2.05, 4.69) is 6.92 Å². The highest BCUT2D eigenvalue weighted by Gasteiger charge is 2.30. The quantitative estimate of drug-likeness (QED) is 0.264. The van der Waals surface area contributed by atoms with E-state index in [0.29, 0.717) is 12.0 Å². The van der Waals surface area contributed by atoms with Gasteiger partial charge in [0, 0.05) is 31.0 Å². The normalized spacial score (nSPS) is 18.8. The molecular weight excluding hydrogens is 326 g/mol. The SMILES string of the molecule is C/C=C(\C)C(=O)O[C@H](C)C[C@H]1CCCN1C(=O)CCCCCCCCC. The minimum absolute atomic E-state index is 0.158. The molecule has 0 aromatic rings. The summed E-state index contributed by atoms with van der Waals surface area (Å²) in [6.07, 6.45) is 13.7. The number of ether oxygens (including phenoxy) is 1. The molecule has 1 saturated heterocycles. The number of hydrogen-bond donors (Lipinski definition) is 0. The third-order valence-corrected chi connectivity index (χ3v) is 5.36. The summed E-state index contributed by atoms with van der Waals surface area (Å²) < 4.78 is 5.49. The number of hydrogen-bond acceptors (Lipinski definition) is 3. The van der Waals surface area contributed by atoms with Crippen LogP contribution in [0.3, 0.4) is 0 Å². The second-order valence-corrected chi connectivity index (χ2v) is 7.68. The standard InChI is InChI=1S/C22H39NO3/c1-5-7-8-9-10-11-12-15-21(24)23-16-13-14-20(23)17-19(4)26-22(25)18(3)6-2/h6,19-20H,5,7-17H2,1-4H3/b18-6+/t19-,20-/m1/s1. The first-order chi connectivity index (χ1) is 12.5. The molecule has 1 aliphatic heterocycles. The number of allylic oxidation sites excluding steroid dienone is 1. The zero-order valence-corrected chi connectivity index (χ0v) is 17.4. The molecule has 26 heavy (non-hydrogen) atoms. The summed E-state index contributed by atoms with van der Waals surface area (Å²) in [6.45, 7) is 8.62. The number of rotatable bonds is 12. The predicted octanol–water partition coefficient (Wildman–Crippen LogP) is 5.41. The topological polar surface area (TPSA) is 46.6 Å². The Morgan fingerprint density at radius 3 is 2.46 bits per heavy atom. The fraction of sp³-hybridized carbons (Fsp3) is 0.818.